The molecule has 0 aliphatic heterocycles. The monoisotopic (exact) mass is 256 g/mol. The molecule has 2 heteroatoms. The Balaban J connectivity index is 2.12. The van der Waals surface area contributed by atoms with Crippen molar-refractivity contribution in [2.24, 2.45) is 0 Å². The largest absolute Gasteiger partial charge is 0.361 e. The summed E-state index contributed by atoms with van der Waals surface area (Å²) in [4.78, 5) is 6.79. The smallest absolute Gasteiger partial charge is 0.0471 e. The normalized spacial score (nSPS) is 12.0. The minimum absolute atomic E-state index is 1.19. The third-order valence-electron chi connectivity index (χ3n) is 4.16. The second-order valence-corrected chi connectivity index (χ2v) is 5.30. The summed E-state index contributed by atoms with van der Waals surface area (Å²) in [5.74, 6) is 0. The van der Waals surface area contributed by atoms with E-state index in [1.807, 2.05) is 6.20 Å². The Morgan fingerprint density at radius 3 is 2.60 bits per heavy atom. The van der Waals surface area contributed by atoms with Gasteiger partial charge in [0.25, 0.3) is 0 Å². The van der Waals surface area contributed by atoms with E-state index in [0.29, 0.717) is 0 Å². The van der Waals surface area contributed by atoms with Crippen LogP contribution in [0.15, 0.2) is 60.8 Å². The van der Waals surface area contributed by atoms with Gasteiger partial charge < -0.3 is 9.97 Å². The maximum Gasteiger partial charge on any atom is 0.0471 e. The van der Waals surface area contributed by atoms with Crippen molar-refractivity contribution in [3.05, 3.63) is 60.8 Å². The van der Waals surface area contributed by atoms with Gasteiger partial charge in [0.05, 0.1) is 0 Å². The second kappa shape index (κ2) is 3.42. The fraction of sp³-hybridized carbons (Fsp3) is 0. The molecule has 0 spiro atoms. The molecular weight excluding hydrogens is 244 g/mol. The zero-order chi connectivity index (χ0) is 13.1. The molecule has 0 bridgehead atoms. The van der Waals surface area contributed by atoms with Crippen LogP contribution in [0.5, 0.6) is 0 Å². The lowest BCUT2D eigenvalue weighted by Crippen LogP contribution is -1.76. The highest BCUT2D eigenvalue weighted by molar-refractivity contribution is 6.21. The molecule has 2 aromatic heterocycles. The number of aromatic nitrogens is 2. The van der Waals surface area contributed by atoms with Crippen molar-refractivity contribution >= 4 is 43.5 Å². The first kappa shape index (κ1) is 10.1. The first-order chi connectivity index (χ1) is 9.90. The van der Waals surface area contributed by atoms with Crippen LogP contribution in [-0.2, 0) is 0 Å². The Morgan fingerprint density at radius 1 is 0.650 bits per heavy atom. The number of fused-ring (bicyclic) bond motifs is 6. The topological polar surface area (TPSA) is 31.6 Å². The van der Waals surface area contributed by atoms with Crippen molar-refractivity contribution in [2.45, 2.75) is 0 Å². The molecule has 20 heavy (non-hydrogen) atoms. The van der Waals surface area contributed by atoms with Crippen molar-refractivity contribution in [3.8, 4) is 0 Å². The Bertz CT molecular complexity index is 1100. The maximum atomic E-state index is 3.50. The molecular formula is C18H12N2. The fourth-order valence-electron chi connectivity index (χ4n) is 3.22. The molecule has 3 aromatic carbocycles. The van der Waals surface area contributed by atoms with Gasteiger partial charge in [-0.15, -0.1) is 0 Å². The third kappa shape index (κ3) is 1.18. The molecule has 5 aromatic rings. The van der Waals surface area contributed by atoms with Gasteiger partial charge >= 0.3 is 0 Å². The maximum absolute atomic E-state index is 3.50. The van der Waals surface area contributed by atoms with Gasteiger partial charge in [0, 0.05) is 38.9 Å². The first-order valence-corrected chi connectivity index (χ1v) is 6.80. The molecule has 0 aliphatic rings. The van der Waals surface area contributed by atoms with Crippen molar-refractivity contribution in [2.75, 3.05) is 0 Å². The third-order valence-corrected chi connectivity index (χ3v) is 4.16. The minimum atomic E-state index is 1.19. The van der Waals surface area contributed by atoms with E-state index in [9.17, 15) is 0 Å². The molecule has 0 saturated heterocycles. The van der Waals surface area contributed by atoms with Gasteiger partial charge in [-0.05, 0) is 41.1 Å². The second-order valence-electron chi connectivity index (χ2n) is 5.30. The number of hydrogen-bond acceptors (Lipinski definition) is 0. The average molecular weight is 256 g/mol. The number of benzene rings is 3. The van der Waals surface area contributed by atoms with Gasteiger partial charge in [-0.1, -0.05) is 24.3 Å². The Morgan fingerprint density at radius 2 is 1.60 bits per heavy atom. The van der Waals surface area contributed by atoms with Crippen LogP contribution in [0.3, 0.4) is 0 Å². The molecule has 94 valence electrons. The van der Waals surface area contributed by atoms with Gasteiger partial charge in [0.1, 0.15) is 0 Å². The fourth-order valence-corrected chi connectivity index (χ4v) is 3.22. The lowest BCUT2D eigenvalue weighted by Gasteiger charge is -2.01. The van der Waals surface area contributed by atoms with Gasteiger partial charge in [-0.2, -0.15) is 0 Å². The number of para-hydroxylation sites is 1. The Kier molecular flexibility index (Phi) is 1.73. The van der Waals surface area contributed by atoms with Gasteiger partial charge in [0.2, 0.25) is 0 Å². The van der Waals surface area contributed by atoms with E-state index in [-0.39, 0.29) is 0 Å². The average Bonchev–Trinajstić information content (AvgIpc) is 3.08. The van der Waals surface area contributed by atoms with Crippen molar-refractivity contribution < 1.29 is 0 Å². The minimum Gasteiger partial charge on any atom is -0.361 e. The van der Waals surface area contributed by atoms with E-state index < -0.39 is 0 Å². The molecule has 0 saturated carbocycles. The molecule has 0 fully saturated rings. The SMILES string of the molecule is c1ccc2c(c1)[nH]c1ccc3cc4[nH]ccc4cc3c12. The van der Waals surface area contributed by atoms with E-state index in [4.69, 9.17) is 0 Å². The van der Waals surface area contributed by atoms with Crippen LogP contribution in [0.2, 0.25) is 0 Å². The zero-order valence-corrected chi connectivity index (χ0v) is 10.8. The molecule has 0 aliphatic carbocycles. The van der Waals surface area contributed by atoms with E-state index in [2.05, 4.69) is 64.6 Å². The Labute approximate surface area is 115 Å². The molecule has 5 rings (SSSR count). The number of rotatable bonds is 0. The number of H-pyrrole nitrogens is 2. The van der Waals surface area contributed by atoms with Gasteiger partial charge in [-0.25, -0.2) is 0 Å². The van der Waals surface area contributed by atoms with Crippen LogP contribution in [-0.4, -0.2) is 9.97 Å². The van der Waals surface area contributed by atoms with Crippen LogP contribution in [0.4, 0.5) is 0 Å². The summed E-state index contributed by atoms with van der Waals surface area (Å²) in [6.45, 7) is 0. The van der Waals surface area contributed by atoms with E-state index in [1.165, 1.54) is 43.5 Å². The number of nitrogens with one attached hydrogen (secondary N) is 2. The quantitative estimate of drug-likeness (QED) is 0.392. The lowest BCUT2D eigenvalue weighted by molar-refractivity contribution is 1.48. The molecule has 2 heterocycles. The molecule has 2 nitrogen and oxygen atoms in total. The summed E-state index contributed by atoms with van der Waals surface area (Å²) in [6, 6.07) is 19.5. The van der Waals surface area contributed by atoms with Crippen molar-refractivity contribution in [1.82, 2.24) is 9.97 Å². The summed E-state index contributed by atoms with van der Waals surface area (Å²) < 4.78 is 0. The van der Waals surface area contributed by atoms with E-state index in [0.717, 1.165) is 0 Å². The van der Waals surface area contributed by atoms with Crippen LogP contribution in [0, 0.1) is 0 Å². The van der Waals surface area contributed by atoms with Gasteiger partial charge in [-0.3, -0.25) is 0 Å². The first-order valence-electron chi connectivity index (χ1n) is 6.80. The number of hydrogen-bond donors (Lipinski definition) is 2. The summed E-state index contributed by atoms with van der Waals surface area (Å²) in [5, 5.41) is 6.46. The zero-order valence-electron chi connectivity index (χ0n) is 10.8. The van der Waals surface area contributed by atoms with E-state index >= 15 is 0 Å². The summed E-state index contributed by atoms with van der Waals surface area (Å²) in [5.41, 5.74) is 3.59. The van der Waals surface area contributed by atoms with E-state index in [1.54, 1.807) is 0 Å². The summed E-state index contributed by atoms with van der Waals surface area (Å²) in [6.07, 6.45) is 2.00. The molecule has 0 amide bonds. The number of aromatic amines is 2. The van der Waals surface area contributed by atoms with Crippen LogP contribution in [0.25, 0.3) is 43.5 Å². The van der Waals surface area contributed by atoms with Crippen molar-refractivity contribution in [3.63, 3.8) is 0 Å². The standard InChI is InChI=1S/C18H12N2/c1-2-4-15-13(3-1)18-14-9-12-7-8-19-17(12)10-11(14)5-6-16(18)20-15/h1-10,19-20H. The highest BCUT2D eigenvalue weighted by Gasteiger charge is 2.08. The van der Waals surface area contributed by atoms with Crippen LogP contribution >= 0.6 is 0 Å². The molecule has 0 unspecified atom stereocenters. The molecule has 2 N–H and O–H groups in total. The van der Waals surface area contributed by atoms with Crippen molar-refractivity contribution in [1.29, 1.82) is 0 Å². The molecule has 0 radical (unpaired) electrons. The Hall–Kier alpha value is -2.74. The highest BCUT2D eigenvalue weighted by atomic mass is 14.7. The highest BCUT2D eigenvalue weighted by Crippen LogP contribution is 2.33. The van der Waals surface area contributed by atoms with Crippen LogP contribution in [0.1, 0.15) is 0 Å². The predicted octanol–water partition coefficient (Wildman–Crippen LogP) is 4.96. The van der Waals surface area contributed by atoms with Gasteiger partial charge in [0.15, 0.2) is 0 Å². The predicted molar refractivity (Wildman–Crippen MR) is 85.2 cm³/mol. The summed E-state index contributed by atoms with van der Waals surface area (Å²) >= 11 is 0. The molecule has 0 atom stereocenters. The lowest BCUT2D eigenvalue weighted by atomic mass is 10.0. The van der Waals surface area contributed by atoms with Crippen LogP contribution < -0.4 is 0 Å². The summed E-state index contributed by atoms with van der Waals surface area (Å²) in [7, 11) is 0.